The van der Waals surface area contributed by atoms with Gasteiger partial charge in [-0.05, 0) is 18.4 Å². The first-order valence-corrected chi connectivity index (χ1v) is 11.6. The number of rotatable bonds is 5. The Labute approximate surface area is 217 Å². The van der Waals surface area contributed by atoms with Gasteiger partial charge in [0.25, 0.3) is 5.91 Å². The fraction of sp³-hybridized carbons (Fsp3) is 0.320. The molecule has 0 radical (unpaired) electrons. The summed E-state index contributed by atoms with van der Waals surface area (Å²) in [6.07, 6.45) is -3.63. The van der Waals surface area contributed by atoms with Gasteiger partial charge in [-0.3, -0.25) is 9.59 Å². The van der Waals surface area contributed by atoms with Gasteiger partial charge in [0.15, 0.2) is 17.2 Å². The van der Waals surface area contributed by atoms with Crippen molar-refractivity contribution in [1.29, 1.82) is 0 Å². The van der Waals surface area contributed by atoms with Crippen molar-refractivity contribution in [3.8, 4) is 17.2 Å². The Balaban J connectivity index is 1.45. The number of ether oxygens (including phenoxy) is 3. The lowest BCUT2D eigenvalue weighted by molar-refractivity contribution is -0.141. The van der Waals surface area contributed by atoms with Gasteiger partial charge in [-0.15, -0.1) is 10.2 Å². The second-order valence-electron chi connectivity index (χ2n) is 9.42. The Morgan fingerprint density at radius 2 is 1.85 bits per heavy atom. The van der Waals surface area contributed by atoms with E-state index in [9.17, 15) is 32.7 Å². The van der Waals surface area contributed by atoms with Gasteiger partial charge in [0.1, 0.15) is 11.2 Å². The van der Waals surface area contributed by atoms with E-state index in [0.717, 1.165) is 6.08 Å². The average Bonchev–Trinajstić information content (AvgIpc) is 3.27. The third kappa shape index (κ3) is 3.20. The number of carboxylic acids is 1. The zero-order valence-corrected chi connectivity index (χ0v) is 20.6. The first-order valence-electron chi connectivity index (χ1n) is 11.6. The van der Waals surface area contributed by atoms with Crippen molar-refractivity contribution >= 4 is 28.6 Å². The van der Waals surface area contributed by atoms with Gasteiger partial charge in [0, 0.05) is 35.4 Å². The molecule has 1 saturated heterocycles. The number of methoxy groups -OCH3 is 3. The number of hydrogen-bond donors (Lipinski definition) is 2. The molecule has 3 aromatic rings. The maximum Gasteiger partial charge on any atom is 0.432 e. The maximum atomic E-state index is 13.7. The van der Waals surface area contributed by atoms with Crippen LogP contribution in [0.5, 0.6) is 17.2 Å². The van der Waals surface area contributed by atoms with Crippen LogP contribution in [0, 0.1) is 5.92 Å². The van der Waals surface area contributed by atoms with E-state index in [1.165, 1.54) is 32.3 Å². The fourth-order valence-electron chi connectivity index (χ4n) is 5.91. The molecule has 11 nitrogen and oxygen atoms in total. The van der Waals surface area contributed by atoms with Crippen LogP contribution in [-0.2, 0) is 11.6 Å². The summed E-state index contributed by atoms with van der Waals surface area (Å²) in [6, 6.07) is 2.98. The lowest BCUT2D eigenvalue weighted by Crippen LogP contribution is -2.34. The van der Waals surface area contributed by atoms with E-state index in [-0.39, 0.29) is 40.9 Å². The number of allylic oxidation sites excluding steroid dienone is 2. The summed E-state index contributed by atoms with van der Waals surface area (Å²) < 4.78 is 57.2. The van der Waals surface area contributed by atoms with Gasteiger partial charge in [-0.2, -0.15) is 13.2 Å². The lowest BCUT2D eigenvalue weighted by atomic mass is 9.82. The van der Waals surface area contributed by atoms with E-state index in [1.807, 2.05) is 4.98 Å². The van der Waals surface area contributed by atoms with Gasteiger partial charge in [-0.1, -0.05) is 0 Å². The highest BCUT2D eigenvalue weighted by atomic mass is 19.4. The number of alkyl halides is 3. The summed E-state index contributed by atoms with van der Waals surface area (Å²) in [7, 11) is 4.25. The number of hydrogen-bond acceptors (Lipinski definition) is 8. The average molecular weight is 544 g/mol. The molecule has 2 aromatic heterocycles. The third-order valence-electron chi connectivity index (χ3n) is 7.57. The van der Waals surface area contributed by atoms with Gasteiger partial charge in [0.2, 0.25) is 11.5 Å². The maximum absolute atomic E-state index is 13.7. The van der Waals surface area contributed by atoms with Gasteiger partial charge in [-0.25, -0.2) is 4.79 Å². The number of benzene rings is 1. The molecule has 2 atom stereocenters. The molecule has 0 unspecified atom stereocenters. The van der Waals surface area contributed by atoms with Gasteiger partial charge >= 0.3 is 12.1 Å². The van der Waals surface area contributed by atoms with Gasteiger partial charge < -0.3 is 29.2 Å². The van der Waals surface area contributed by atoms with E-state index in [0.29, 0.717) is 23.1 Å². The fourth-order valence-corrected chi connectivity index (χ4v) is 5.91. The molecular formula is C25H19F3N4O7. The zero-order chi connectivity index (χ0) is 28.0. The van der Waals surface area contributed by atoms with Crippen molar-refractivity contribution in [3.05, 3.63) is 52.1 Å². The summed E-state index contributed by atoms with van der Waals surface area (Å²) in [6.45, 7) is 0.0613. The standard InChI is InChI=1S/C25H19F3N4O7/c1-37-14-5-11-10(19(38-2)20(14)39-3)4-12(31-30-11)22(34)32-8-9-7-24(9)15(32)6-13(33)18-17(24)16(23(35)36)21(29-18)25(26,27)28/h4-6,9,29H,7-8H2,1-3H3,(H,35,36)/t9-,24+/m1/s1. The Morgan fingerprint density at radius 1 is 1.13 bits per heavy atom. The molecule has 3 heterocycles. The molecule has 1 aliphatic heterocycles. The van der Waals surface area contributed by atoms with Crippen LogP contribution in [0.4, 0.5) is 13.2 Å². The Bertz CT molecular complexity index is 1660. The van der Waals surface area contributed by atoms with Crippen LogP contribution in [0.1, 0.15) is 49.0 Å². The second kappa shape index (κ2) is 7.94. The molecule has 1 aromatic carbocycles. The first kappa shape index (κ1) is 24.7. The molecule has 14 heteroatoms. The summed E-state index contributed by atoms with van der Waals surface area (Å²) in [5.74, 6) is -2.85. The minimum atomic E-state index is -5.02. The summed E-state index contributed by atoms with van der Waals surface area (Å²) in [5, 5.41) is 18.2. The van der Waals surface area contributed by atoms with E-state index >= 15 is 0 Å². The molecule has 2 N–H and O–H groups in total. The molecule has 202 valence electrons. The third-order valence-corrected chi connectivity index (χ3v) is 7.57. The van der Waals surface area contributed by atoms with Crippen LogP contribution in [0.15, 0.2) is 23.9 Å². The summed E-state index contributed by atoms with van der Waals surface area (Å²) in [5.41, 5.74) is -3.97. The molecule has 39 heavy (non-hydrogen) atoms. The SMILES string of the molecule is COc1cc2nnc(C(=O)N3C[C@H]4C[C@@]45C3=CC(=O)c3[nH]c(C(F)(F)F)c(C(=O)O)c35)cc2c(OC)c1OC. The predicted octanol–water partition coefficient (Wildman–Crippen LogP) is 3.19. The number of H-pyrrole nitrogens is 1. The minimum absolute atomic E-state index is 0.0613. The lowest BCUT2D eigenvalue weighted by Gasteiger charge is -2.28. The first-order chi connectivity index (χ1) is 18.5. The summed E-state index contributed by atoms with van der Waals surface area (Å²) in [4.78, 5) is 41.8. The van der Waals surface area contributed by atoms with E-state index in [1.54, 1.807) is 6.07 Å². The quantitative estimate of drug-likeness (QED) is 0.495. The van der Waals surface area contributed by atoms with Crippen molar-refractivity contribution in [2.45, 2.75) is 18.0 Å². The Kier molecular flexibility index (Phi) is 5.03. The number of nitrogens with zero attached hydrogens (tertiary/aromatic N) is 3. The van der Waals surface area contributed by atoms with E-state index < -0.39 is 46.2 Å². The molecule has 0 bridgehead atoms. The van der Waals surface area contributed by atoms with Crippen molar-refractivity contribution in [3.63, 3.8) is 0 Å². The zero-order valence-electron chi connectivity index (χ0n) is 20.6. The smallest absolute Gasteiger partial charge is 0.432 e. The minimum Gasteiger partial charge on any atom is -0.493 e. The molecular weight excluding hydrogens is 525 g/mol. The number of piperidine rings is 1. The number of carbonyl (C=O) groups is 3. The van der Waals surface area contributed by atoms with Crippen molar-refractivity contribution in [1.82, 2.24) is 20.1 Å². The highest BCUT2D eigenvalue weighted by Gasteiger charge is 2.69. The topological polar surface area (TPSA) is 144 Å². The van der Waals surface area contributed by atoms with Crippen molar-refractivity contribution < 1.29 is 46.9 Å². The number of aromatic nitrogens is 3. The Hall–Kier alpha value is -4.62. The molecule has 6 rings (SSSR count). The number of carbonyl (C=O) groups excluding carboxylic acids is 2. The molecule has 1 spiro atoms. The highest BCUT2D eigenvalue weighted by Crippen LogP contribution is 2.68. The molecule has 1 amide bonds. The number of carboxylic acid groups (broad SMARTS) is 1. The van der Waals surface area contributed by atoms with Crippen LogP contribution in [-0.4, -0.2) is 70.7 Å². The number of fused-ring (bicyclic) bond motifs is 2. The normalized spacial score (nSPS) is 21.2. The van der Waals surface area contributed by atoms with E-state index in [2.05, 4.69) is 10.2 Å². The van der Waals surface area contributed by atoms with Crippen LogP contribution in [0.3, 0.4) is 0 Å². The molecule has 1 saturated carbocycles. The highest BCUT2D eigenvalue weighted by molar-refractivity contribution is 6.11. The number of amides is 1. The number of aromatic amines is 1. The molecule has 3 aliphatic rings. The monoisotopic (exact) mass is 544 g/mol. The van der Waals surface area contributed by atoms with Crippen LogP contribution < -0.4 is 14.2 Å². The van der Waals surface area contributed by atoms with Crippen LogP contribution in [0.2, 0.25) is 0 Å². The number of aromatic carboxylic acids is 1. The number of likely N-dealkylation sites (tertiary alicyclic amines) is 1. The second-order valence-corrected chi connectivity index (χ2v) is 9.42. The van der Waals surface area contributed by atoms with Gasteiger partial charge in [0.05, 0.1) is 38.0 Å². The van der Waals surface area contributed by atoms with Crippen LogP contribution >= 0.6 is 0 Å². The molecule has 2 fully saturated rings. The molecule has 2 aliphatic carbocycles. The van der Waals surface area contributed by atoms with Crippen molar-refractivity contribution in [2.75, 3.05) is 27.9 Å². The Morgan fingerprint density at radius 3 is 2.46 bits per heavy atom. The van der Waals surface area contributed by atoms with Crippen molar-refractivity contribution in [2.24, 2.45) is 5.92 Å². The predicted molar refractivity (Wildman–Crippen MR) is 125 cm³/mol. The van der Waals surface area contributed by atoms with Crippen LogP contribution in [0.25, 0.3) is 10.9 Å². The summed E-state index contributed by atoms with van der Waals surface area (Å²) >= 11 is 0. The van der Waals surface area contributed by atoms with E-state index in [4.69, 9.17) is 14.2 Å². The number of ketones is 1. The number of halogens is 3. The number of nitrogens with one attached hydrogen (secondary N) is 1. The largest absolute Gasteiger partial charge is 0.493 e.